The number of hydrogen-bond acceptors (Lipinski definition) is 4. The minimum absolute atomic E-state index is 0.0313. The topological polar surface area (TPSA) is 64.8 Å². The summed E-state index contributed by atoms with van der Waals surface area (Å²) in [5, 5.41) is 1.61. The quantitative estimate of drug-likeness (QED) is 0.533. The van der Waals surface area contributed by atoms with E-state index in [-0.39, 0.29) is 17.6 Å². The summed E-state index contributed by atoms with van der Waals surface area (Å²) in [6.45, 7) is 1.89. The zero-order valence-electron chi connectivity index (χ0n) is 12.9. The van der Waals surface area contributed by atoms with Crippen molar-refractivity contribution in [2.45, 2.75) is 6.92 Å². The molecule has 1 aliphatic carbocycles. The number of rotatable bonds is 2. The fraction of sp³-hybridized carbons (Fsp3) is 0.105. The molecule has 1 aliphatic heterocycles. The van der Waals surface area contributed by atoms with Gasteiger partial charge in [0, 0.05) is 16.3 Å². The van der Waals surface area contributed by atoms with Crippen molar-refractivity contribution in [2.75, 3.05) is 6.61 Å². The SMILES string of the molecule is CCOC(=O)c1c2ccccc3c-2n(c1=O)c1ccc(=O)ccc31. The van der Waals surface area contributed by atoms with Crippen LogP contribution in [0.2, 0.25) is 0 Å². The molecule has 1 aromatic carbocycles. The highest BCUT2D eigenvalue weighted by molar-refractivity contribution is 6.11. The Labute approximate surface area is 136 Å². The molecule has 2 aromatic rings. The van der Waals surface area contributed by atoms with Crippen molar-refractivity contribution in [3.05, 3.63) is 74.7 Å². The number of hydrogen-bond donors (Lipinski definition) is 0. The molecule has 0 unspecified atom stereocenters. The Hall–Kier alpha value is -3.21. The van der Waals surface area contributed by atoms with Crippen LogP contribution in [0.5, 0.6) is 0 Å². The second kappa shape index (κ2) is 5.16. The molecule has 1 aromatic heterocycles. The summed E-state index contributed by atoms with van der Waals surface area (Å²) < 4.78 is 6.54. The summed E-state index contributed by atoms with van der Waals surface area (Å²) in [7, 11) is 0. The molecule has 2 heterocycles. The van der Waals surface area contributed by atoms with Crippen molar-refractivity contribution in [3.63, 3.8) is 0 Å². The lowest BCUT2D eigenvalue weighted by atomic mass is 10.1. The maximum Gasteiger partial charge on any atom is 0.344 e. The van der Waals surface area contributed by atoms with Crippen LogP contribution < -0.4 is 11.0 Å². The van der Waals surface area contributed by atoms with Gasteiger partial charge in [-0.2, -0.15) is 0 Å². The number of nitrogens with zero attached hydrogens (tertiary/aromatic N) is 1. The second-order valence-corrected chi connectivity index (χ2v) is 5.50. The van der Waals surface area contributed by atoms with E-state index in [4.69, 9.17) is 4.74 Å². The minimum atomic E-state index is -0.628. The lowest BCUT2D eigenvalue weighted by molar-refractivity contribution is 0.0526. The van der Waals surface area contributed by atoms with Gasteiger partial charge in [-0.25, -0.2) is 4.79 Å². The molecule has 0 spiro atoms. The molecule has 118 valence electrons. The highest BCUT2D eigenvalue weighted by Crippen LogP contribution is 2.36. The number of fused-ring (bicyclic) bond motifs is 3. The van der Waals surface area contributed by atoms with Crippen LogP contribution in [0.3, 0.4) is 0 Å². The van der Waals surface area contributed by atoms with Gasteiger partial charge in [0.1, 0.15) is 5.56 Å². The summed E-state index contributed by atoms with van der Waals surface area (Å²) >= 11 is 0. The Morgan fingerprint density at radius 2 is 1.75 bits per heavy atom. The van der Waals surface area contributed by atoms with E-state index in [1.165, 1.54) is 16.5 Å². The van der Waals surface area contributed by atoms with Crippen LogP contribution in [0.1, 0.15) is 17.3 Å². The van der Waals surface area contributed by atoms with Crippen molar-refractivity contribution in [1.82, 2.24) is 4.40 Å². The zero-order valence-corrected chi connectivity index (χ0v) is 12.9. The zero-order chi connectivity index (χ0) is 16.8. The highest BCUT2D eigenvalue weighted by atomic mass is 16.5. The van der Waals surface area contributed by atoms with Crippen molar-refractivity contribution < 1.29 is 9.53 Å². The predicted octanol–water partition coefficient (Wildman–Crippen LogP) is 2.53. The van der Waals surface area contributed by atoms with Gasteiger partial charge in [0.05, 0.1) is 17.8 Å². The fourth-order valence-corrected chi connectivity index (χ4v) is 3.21. The van der Waals surface area contributed by atoms with Crippen LogP contribution in [-0.4, -0.2) is 17.0 Å². The van der Waals surface area contributed by atoms with E-state index < -0.39 is 11.5 Å². The van der Waals surface area contributed by atoms with Crippen LogP contribution in [0.15, 0.2) is 58.1 Å². The molecule has 0 N–H and O–H groups in total. The maximum absolute atomic E-state index is 12.9. The molecule has 0 bridgehead atoms. The molecule has 5 heteroatoms. The Balaban J connectivity index is 2.26. The van der Waals surface area contributed by atoms with Crippen molar-refractivity contribution in [3.8, 4) is 11.3 Å². The second-order valence-electron chi connectivity index (χ2n) is 5.50. The van der Waals surface area contributed by atoms with E-state index in [9.17, 15) is 14.4 Å². The Kier molecular flexibility index (Phi) is 3.09. The Morgan fingerprint density at radius 3 is 2.54 bits per heavy atom. The first-order valence-corrected chi connectivity index (χ1v) is 7.63. The monoisotopic (exact) mass is 319 g/mol. The number of esters is 1. The Bertz CT molecular complexity index is 1180. The van der Waals surface area contributed by atoms with Gasteiger partial charge in [0.15, 0.2) is 5.43 Å². The average molecular weight is 319 g/mol. The molecule has 0 fully saturated rings. The van der Waals surface area contributed by atoms with Gasteiger partial charge in [-0.15, -0.1) is 0 Å². The maximum atomic E-state index is 12.9. The van der Waals surface area contributed by atoms with Gasteiger partial charge < -0.3 is 4.74 Å². The van der Waals surface area contributed by atoms with Crippen molar-refractivity contribution >= 4 is 22.3 Å². The first-order valence-electron chi connectivity index (χ1n) is 7.63. The number of aromatic nitrogens is 1. The first kappa shape index (κ1) is 14.4. The van der Waals surface area contributed by atoms with Gasteiger partial charge in [-0.05, 0) is 31.2 Å². The van der Waals surface area contributed by atoms with Crippen molar-refractivity contribution in [1.29, 1.82) is 0 Å². The summed E-state index contributed by atoms with van der Waals surface area (Å²) in [4.78, 5) is 36.8. The van der Waals surface area contributed by atoms with Gasteiger partial charge in [-0.1, -0.05) is 24.3 Å². The molecule has 2 aliphatic rings. The predicted molar refractivity (Wildman–Crippen MR) is 91.2 cm³/mol. The third-order valence-corrected chi connectivity index (χ3v) is 4.16. The average Bonchev–Trinajstić information content (AvgIpc) is 2.79. The van der Waals surface area contributed by atoms with E-state index >= 15 is 0 Å². The third-order valence-electron chi connectivity index (χ3n) is 4.16. The van der Waals surface area contributed by atoms with Gasteiger partial charge >= 0.3 is 5.97 Å². The highest BCUT2D eigenvalue weighted by Gasteiger charge is 2.28. The molecule has 4 rings (SSSR count). The summed E-state index contributed by atoms with van der Waals surface area (Å²) in [5.74, 6) is -0.628. The summed E-state index contributed by atoms with van der Waals surface area (Å²) in [6, 6.07) is 13.5. The van der Waals surface area contributed by atoms with Crippen LogP contribution in [-0.2, 0) is 4.74 Å². The van der Waals surface area contributed by atoms with Crippen LogP contribution in [0, 0.1) is 0 Å². The van der Waals surface area contributed by atoms with Crippen molar-refractivity contribution in [2.24, 2.45) is 0 Å². The standard InChI is InChI=1S/C19H13NO4/c1-2-24-19(23)16-14-6-4-3-5-13-12-9-7-11(21)8-10-15(12)20(17(13)14)18(16)22/h3-10H,2H2,1H3. The van der Waals surface area contributed by atoms with E-state index in [1.54, 1.807) is 31.2 Å². The summed E-state index contributed by atoms with van der Waals surface area (Å²) in [6.07, 6.45) is 0. The number of carbonyl (C=O) groups excluding carboxylic acids is 1. The molecule has 0 amide bonds. The minimum Gasteiger partial charge on any atom is -0.462 e. The van der Waals surface area contributed by atoms with Crippen LogP contribution in [0.25, 0.3) is 27.5 Å². The summed E-state index contributed by atoms with van der Waals surface area (Å²) in [5.41, 5.74) is 1.29. The lowest BCUT2D eigenvalue weighted by Crippen LogP contribution is -2.17. The van der Waals surface area contributed by atoms with Gasteiger partial charge in [-0.3, -0.25) is 14.0 Å². The normalized spacial score (nSPS) is 11.4. The Morgan fingerprint density at radius 1 is 1.00 bits per heavy atom. The third kappa shape index (κ3) is 1.84. The van der Waals surface area contributed by atoms with E-state index in [1.807, 2.05) is 12.1 Å². The van der Waals surface area contributed by atoms with E-state index in [2.05, 4.69) is 0 Å². The van der Waals surface area contributed by atoms with Gasteiger partial charge in [0.25, 0.3) is 5.56 Å². The smallest absolute Gasteiger partial charge is 0.344 e. The molecular weight excluding hydrogens is 306 g/mol. The molecule has 24 heavy (non-hydrogen) atoms. The van der Waals surface area contributed by atoms with E-state index in [0.29, 0.717) is 16.8 Å². The lowest BCUT2D eigenvalue weighted by Gasteiger charge is -2.00. The van der Waals surface area contributed by atoms with Crippen LogP contribution >= 0.6 is 0 Å². The fourth-order valence-electron chi connectivity index (χ4n) is 3.21. The largest absolute Gasteiger partial charge is 0.462 e. The number of ether oxygens (including phenoxy) is 1. The molecule has 0 atom stereocenters. The molecule has 0 saturated heterocycles. The van der Waals surface area contributed by atoms with E-state index in [0.717, 1.165) is 10.8 Å². The number of carbonyl (C=O) groups is 1. The molecule has 0 radical (unpaired) electrons. The van der Waals surface area contributed by atoms with Crippen LogP contribution in [0.4, 0.5) is 0 Å². The first-order chi connectivity index (χ1) is 11.6. The van der Waals surface area contributed by atoms with Gasteiger partial charge in [0.2, 0.25) is 0 Å². The molecule has 0 saturated carbocycles. The molecular formula is C19H13NO4. The molecule has 5 nitrogen and oxygen atoms in total.